The van der Waals surface area contributed by atoms with Gasteiger partial charge >= 0.3 is 12.1 Å². The number of carboxylic acid groups (broad SMARTS) is 1. The van der Waals surface area contributed by atoms with Gasteiger partial charge in [-0.1, -0.05) is 48.5 Å². The maximum absolute atomic E-state index is 12.7. The molecule has 0 unspecified atom stereocenters. The average Bonchev–Trinajstić information content (AvgIpc) is 3.11. The van der Waals surface area contributed by atoms with Crippen LogP contribution in [0.2, 0.25) is 0 Å². The van der Waals surface area contributed by atoms with Crippen molar-refractivity contribution in [3.8, 4) is 11.1 Å². The zero-order valence-electron chi connectivity index (χ0n) is 19.0. The monoisotopic (exact) mass is 450 g/mol. The van der Waals surface area contributed by atoms with Gasteiger partial charge < -0.3 is 20.1 Å². The molecule has 0 spiro atoms. The van der Waals surface area contributed by atoms with Gasteiger partial charge in [-0.25, -0.2) is 4.79 Å². The highest BCUT2D eigenvalue weighted by atomic mass is 16.5. The first-order valence-corrected chi connectivity index (χ1v) is 11.5. The number of rotatable bonds is 6. The molecular formula is C26H30N2O5. The van der Waals surface area contributed by atoms with Gasteiger partial charge in [0.2, 0.25) is 5.91 Å². The zero-order chi connectivity index (χ0) is 23.5. The van der Waals surface area contributed by atoms with Gasteiger partial charge in [0.25, 0.3) is 0 Å². The Labute approximate surface area is 193 Å². The van der Waals surface area contributed by atoms with Gasteiger partial charge in [0.05, 0.1) is 5.92 Å². The van der Waals surface area contributed by atoms with Gasteiger partial charge in [-0.15, -0.1) is 0 Å². The van der Waals surface area contributed by atoms with Crippen molar-refractivity contribution >= 4 is 18.0 Å². The molecule has 1 saturated heterocycles. The van der Waals surface area contributed by atoms with Crippen LogP contribution in [0.25, 0.3) is 11.1 Å². The number of carboxylic acids is 1. The first-order valence-electron chi connectivity index (χ1n) is 11.5. The molecule has 1 aliphatic carbocycles. The van der Waals surface area contributed by atoms with E-state index in [1.165, 1.54) is 11.1 Å². The van der Waals surface area contributed by atoms with Crippen molar-refractivity contribution in [2.75, 3.05) is 13.2 Å². The Hall–Kier alpha value is -3.35. The number of hydrogen-bond donors (Lipinski definition) is 2. The van der Waals surface area contributed by atoms with E-state index in [-0.39, 0.29) is 30.9 Å². The van der Waals surface area contributed by atoms with E-state index in [0.29, 0.717) is 19.4 Å². The summed E-state index contributed by atoms with van der Waals surface area (Å²) in [5, 5.41) is 12.0. The summed E-state index contributed by atoms with van der Waals surface area (Å²) in [7, 11) is 0. The lowest BCUT2D eigenvalue weighted by atomic mass is 9.91. The fourth-order valence-electron chi connectivity index (χ4n) is 5.04. The molecule has 0 bridgehead atoms. The van der Waals surface area contributed by atoms with Crippen LogP contribution in [0.4, 0.5) is 4.79 Å². The third-order valence-corrected chi connectivity index (χ3v) is 6.73. The van der Waals surface area contributed by atoms with Crippen molar-refractivity contribution in [1.29, 1.82) is 0 Å². The smallest absolute Gasteiger partial charge is 0.407 e. The fraction of sp³-hybridized carbons (Fsp3) is 0.423. The van der Waals surface area contributed by atoms with Crippen LogP contribution in [0.5, 0.6) is 0 Å². The van der Waals surface area contributed by atoms with E-state index >= 15 is 0 Å². The van der Waals surface area contributed by atoms with Crippen LogP contribution in [0.1, 0.15) is 50.2 Å². The summed E-state index contributed by atoms with van der Waals surface area (Å²) in [6.45, 7) is 4.29. The Kier molecular flexibility index (Phi) is 6.67. The molecule has 2 N–H and O–H groups in total. The van der Waals surface area contributed by atoms with E-state index in [0.717, 1.165) is 11.1 Å². The number of ether oxygens (including phenoxy) is 1. The SMILES string of the molecule is C[C@H](CC(=O)N1CC[C@@H](C(=O)O)C[C@H]1C)NC(=O)OCC1c2ccccc2-c2ccccc21. The Bertz CT molecular complexity index is 1010. The lowest BCUT2D eigenvalue weighted by Gasteiger charge is -2.36. The largest absolute Gasteiger partial charge is 0.481 e. The standard InChI is InChI=1S/C26H30N2O5/c1-16(13-24(29)28-12-11-18(25(30)31)14-17(28)2)27-26(32)33-15-23-21-9-5-3-7-19(21)20-8-4-6-10-22(20)23/h3-10,16-18,23H,11-15H2,1-2H3,(H,27,32)(H,30,31)/t16-,17-,18-/m1/s1. The number of amides is 2. The predicted molar refractivity (Wildman–Crippen MR) is 124 cm³/mol. The topological polar surface area (TPSA) is 95.9 Å². The van der Waals surface area contributed by atoms with Crippen molar-refractivity contribution in [2.45, 2.75) is 51.1 Å². The molecule has 33 heavy (non-hydrogen) atoms. The summed E-state index contributed by atoms with van der Waals surface area (Å²) in [5.41, 5.74) is 4.63. The number of alkyl carbamates (subject to hydrolysis) is 1. The zero-order valence-corrected chi connectivity index (χ0v) is 19.0. The second-order valence-corrected chi connectivity index (χ2v) is 9.07. The quantitative estimate of drug-likeness (QED) is 0.693. The van der Waals surface area contributed by atoms with E-state index in [4.69, 9.17) is 4.74 Å². The number of fused-ring (bicyclic) bond motifs is 3. The Morgan fingerprint density at radius 2 is 1.70 bits per heavy atom. The normalized spacial score (nSPS) is 20.5. The number of nitrogens with zero attached hydrogens (tertiary/aromatic N) is 1. The molecule has 3 atom stereocenters. The van der Waals surface area contributed by atoms with Crippen LogP contribution in [-0.4, -0.2) is 53.2 Å². The van der Waals surface area contributed by atoms with Gasteiger partial charge in [0.1, 0.15) is 6.61 Å². The lowest BCUT2D eigenvalue weighted by molar-refractivity contribution is -0.147. The summed E-state index contributed by atoms with van der Waals surface area (Å²) in [5.74, 6) is -1.31. The highest BCUT2D eigenvalue weighted by molar-refractivity contribution is 5.80. The molecule has 0 saturated carbocycles. The van der Waals surface area contributed by atoms with Crippen LogP contribution in [0.15, 0.2) is 48.5 Å². The van der Waals surface area contributed by atoms with Crippen LogP contribution >= 0.6 is 0 Å². The molecule has 2 aromatic carbocycles. The number of benzene rings is 2. The van der Waals surface area contributed by atoms with Gasteiger partial charge in [-0.3, -0.25) is 9.59 Å². The fourth-order valence-corrected chi connectivity index (χ4v) is 5.04. The van der Waals surface area contributed by atoms with Crippen LogP contribution < -0.4 is 5.32 Å². The van der Waals surface area contributed by atoms with Gasteiger partial charge in [-0.2, -0.15) is 0 Å². The van der Waals surface area contributed by atoms with E-state index in [1.54, 1.807) is 11.8 Å². The maximum atomic E-state index is 12.7. The second kappa shape index (κ2) is 9.65. The van der Waals surface area contributed by atoms with Crippen molar-refractivity contribution in [3.63, 3.8) is 0 Å². The van der Waals surface area contributed by atoms with E-state index in [1.807, 2.05) is 31.2 Å². The van der Waals surface area contributed by atoms with Crippen molar-refractivity contribution in [3.05, 3.63) is 59.7 Å². The number of hydrogen-bond acceptors (Lipinski definition) is 4. The molecule has 174 valence electrons. The van der Waals surface area contributed by atoms with Gasteiger partial charge in [-0.05, 0) is 48.9 Å². The number of aliphatic carboxylic acids is 1. The lowest BCUT2D eigenvalue weighted by Crippen LogP contribution is -2.48. The van der Waals surface area contributed by atoms with Crippen molar-refractivity contribution < 1.29 is 24.2 Å². The Morgan fingerprint density at radius 3 is 2.27 bits per heavy atom. The minimum atomic E-state index is -0.806. The predicted octanol–water partition coefficient (Wildman–Crippen LogP) is 4.02. The first-order chi connectivity index (χ1) is 15.8. The molecule has 0 radical (unpaired) electrons. The molecule has 1 aliphatic heterocycles. The summed E-state index contributed by atoms with van der Waals surface area (Å²) in [6.07, 6.45) is 0.510. The molecular weight excluding hydrogens is 420 g/mol. The van der Waals surface area contributed by atoms with Crippen LogP contribution in [-0.2, 0) is 14.3 Å². The summed E-state index contributed by atoms with van der Waals surface area (Å²) in [4.78, 5) is 38.1. The van der Waals surface area contributed by atoms with E-state index < -0.39 is 24.0 Å². The number of nitrogens with one attached hydrogen (secondary N) is 1. The number of carbonyl (C=O) groups is 3. The molecule has 7 heteroatoms. The Balaban J connectivity index is 1.29. The van der Waals surface area contributed by atoms with Gasteiger partial charge in [0, 0.05) is 31.0 Å². The third-order valence-electron chi connectivity index (χ3n) is 6.73. The minimum absolute atomic E-state index is 0.0172. The highest BCUT2D eigenvalue weighted by Crippen LogP contribution is 2.44. The first kappa shape index (κ1) is 22.8. The van der Waals surface area contributed by atoms with Crippen molar-refractivity contribution in [1.82, 2.24) is 10.2 Å². The average molecular weight is 451 g/mol. The van der Waals surface area contributed by atoms with E-state index in [2.05, 4.69) is 29.6 Å². The number of piperidine rings is 1. The molecule has 4 rings (SSSR count). The molecule has 2 amide bonds. The number of carbonyl (C=O) groups excluding carboxylic acids is 2. The maximum Gasteiger partial charge on any atom is 0.407 e. The molecule has 0 aromatic heterocycles. The Morgan fingerprint density at radius 1 is 1.09 bits per heavy atom. The summed E-state index contributed by atoms with van der Waals surface area (Å²) >= 11 is 0. The summed E-state index contributed by atoms with van der Waals surface area (Å²) < 4.78 is 5.56. The molecule has 1 fully saturated rings. The van der Waals surface area contributed by atoms with Crippen molar-refractivity contribution in [2.24, 2.45) is 5.92 Å². The molecule has 2 aliphatic rings. The van der Waals surface area contributed by atoms with E-state index in [9.17, 15) is 19.5 Å². The molecule has 7 nitrogen and oxygen atoms in total. The molecule has 1 heterocycles. The number of likely N-dealkylation sites (tertiary alicyclic amines) is 1. The summed E-state index contributed by atoms with van der Waals surface area (Å²) in [6, 6.07) is 15.8. The third kappa shape index (κ3) is 4.87. The minimum Gasteiger partial charge on any atom is -0.481 e. The van der Waals surface area contributed by atoms with Crippen LogP contribution in [0.3, 0.4) is 0 Å². The van der Waals surface area contributed by atoms with Crippen LogP contribution in [0, 0.1) is 5.92 Å². The second-order valence-electron chi connectivity index (χ2n) is 9.07. The highest BCUT2D eigenvalue weighted by Gasteiger charge is 2.33. The van der Waals surface area contributed by atoms with Gasteiger partial charge in [0.15, 0.2) is 0 Å². The molecule has 2 aromatic rings.